The number of aliphatic hydroxyl groups excluding tert-OH is 3. The van der Waals surface area contributed by atoms with E-state index in [2.05, 4.69) is 5.32 Å². The monoisotopic (exact) mass is 493 g/mol. The molecule has 0 radical (unpaired) electrons. The fourth-order valence-corrected chi connectivity index (χ4v) is 5.16. The van der Waals surface area contributed by atoms with Crippen LogP contribution in [0.5, 0.6) is 0 Å². The Balaban J connectivity index is 1.87. The minimum absolute atomic E-state index is 0.0895. The fourth-order valence-electron chi connectivity index (χ4n) is 5.02. The lowest BCUT2D eigenvalue weighted by atomic mass is 9.54. The van der Waals surface area contributed by atoms with Crippen molar-refractivity contribution in [3.8, 4) is 0 Å². The highest BCUT2D eigenvalue weighted by molar-refractivity contribution is 6.76. The van der Waals surface area contributed by atoms with E-state index in [1.54, 1.807) is 13.8 Å². The number of hydrogen-bond donors (Lipinski definition) is 6. The summed E-state index contributed by atoms with van der Waals surface area (Å²) in [5.74, 6) is -6.30. The van der Waals surface area contributed by atoms with Gasteiger partial charge >= 0.3 is 5.97 Å². The summed E-state index contributed by atoms with van der Waals surface area (Å²) in [5.41, 5.74) is -4.38. The average Bonchev–Trinajstić information content (AvgIpc) is 2.98. The largest absolute Gasteiger partial charge is 0.393 e. The molecule has 0 aromatic rings. The smallest absolute Gasteiger partial charge is 0.311 e. The number of aliphatic hydroxyl groups is 5. The third-order valence-corrected chi connectivity index (χ3v) is 6.82. The van der Waals surface area contributed by atoms with E-state index in [4.69, 9.17) is 53.8 Å². The van der Waals surface area contributed by atoms with Gasteiger partial charge in [-0.25, -0.2) is 0 Å². The Labute approximate surface area is 185 Å². The Morgan fingerprint density at radius 1 is 1.13 bits per heavy atom. The van der Waals surface area contributed by atoms with Crippen LogP contribution in [0.2, 0.25) is 0 Å². The van der Waals surface area contributed by atoms with Crippen LogP contribution < -0.4 is 5.32 Å². The van der Waals surface area contributed by atoms with Crippen LogP contribution >= 0.6 is 34.8 Å². The van der Waals surface area contributed by atoms with Gasteiger partial charge in [-0.1, -0.05) is 34.8 Å². The molecular formula is C16H22Cl3NO10. The third kappa shape index (κ3) is 2.96. The zero-order valence-electron chi connectivity index (χ0n) is 15.8. The number of rotatable bonds is 3. The number of carbonyl (C=O) groups excluding carboxylic acids is 1. The zero-order chi connectivity index (χ0) is 22.5. The molecule has 1 amide bonds. The molecule has 6 N–H and O–H groups in total. The molecular weight excluding hydrogens is 473 g/mol. The lowest BCUT2D eigenvalue weighted by molar-refractivity contribution is -0.548. The van der Waals surface area contributed by atoms with Crippen molar-refractivity contribution >= 4 is 40.7 Å². The Kier molecular flexibility index (Phi) is 5.21. The Morgan fingerprint density at radius 2 is 1.73 bits per heavy atom. The number of amides is 1. The average molecular weight is 495 g/mol. The molecule has 14 heteroatoms. The van der Waals surface area contributed by atoms with Gasteiger partial charge in [0.15, 0.2) is 11.9 Å². The van der Waals surface area contributed by atoms with Crippen molar-refractivity contribution in [2.24, 2.45) is 5.92 Å². The number of halogens is 3. The fraction of sp³-hybridized carbons (Fsp3) is 0.938. The standard InChI is InChI=1S/C16H22Cl3NO10/c1-12(2)27-3-5(28-12)6-8-13(25,4-21)9-7(22)14(6,20-11(24)15(17,18)19)10(23)16(26,29-8)30-9/h5-10,21-23,25-26H,3-4H2,1-2H3,(H,20,24)/t5?,6?,7?,8?,9?,10-,13-,14+,16?/m0/s1. The summed E-state index contributed by atoms with van der Waals surface area (Å²) in [7, 11) is 0. The van der Waals surface area contributed by atoms with Crippen LogP contribution in [0.1, 0.15) is 13.8 Å². The summed E-state index contributed by atoms with van der Waals surface area (Å²) >= 11 is 17.0. The van der Waals surface area contributed by atoms with Crippen LogP contribution in [0.4, 0.5) is 0 Å². The van der Waals surface area contributed by atoms with E-state index in [-0.39, 0.29) is 6.61 Å². The minimum atomic E-state index is -2.73. The number of nitrogens with one attached hydrogen (secondary N) is 1. The van der Waals surface area contributed by atoms with Gasteiger partial charge in [-0.3, -0.25) is 4.79 Å². The van der Waals surface area contributed by atoms with E-state index in [9.17, 15) is 30.3 Å². The second-order valence-electron chi connectivity index (χ2n) is 8.48. The molecule has 5 rings (SSSR count). The lowest BCUT2D eigenvalue weighted by Gasteiger charge is -2.71. The number of alkyl halides is 3. The van der Waals surface area contributed by atoms with E-state index < -0.39 is 75.6 Å². The normalized spacial score (nSPS) is 51.9. The topological polar surface area (TPSA) is 167 Å². The molecule has 30 heavy (non-hydrogen) atoms. The molecule has 4 saturated heterocycles. The molecule has 11 nitrogen and oxygen atoms in total. The van der Waals surface area contributed by atoms with Crippen LogP contribution in [0.15, 0.2) is 0 Å². The molecule has 0 aromatic carbocycles. The number of carbonyl (C=O) groups is 1. The summed E-state index contributed by atoms with van der Waals surface area (Å²) in [6.07, 6.45) is -8.09. The van der Waals surface area contributed by atoms with Gasteiger partial charge in [0.1, 0.15) is 29.5 Å². The maximum Gasteiger partial charge on any atom is 0.311 e. The first-order chi connectivity index (χ1) is 13.6. The van der Waals surface area contributed by atoms with Gasteiger partial charge < -0.3 is 49.8 Å². The van der Waals surface area contributed by atoms with Crippen molar-refractivity contribution in [2.45, 2.75) is 71.1 Å². The maximum atomic E-state index is 12.6. The van der Waals surface area contributed by atoms with E-state index in [0.717, 1.165) is 0 Å². The Bertz CT molecular complexity index is 751. The highest BCUT2D eigenvalue weighted by Gasteiger charge is 2.83. The summed E-state index contributed by atoms with van der Waals surface area (Å²) < 4.78 is 19.5. The number of hydrogen-bond acceptors (Lipinski definition) is 10. The maximum absolute atomic E-state index is 12.6. The third-order valence-electron chi connectivity index (χ3n) is 6.30. The van der Waals surface area contributed by atoms with Crippen molar-refractivity contribution in [1.29, 1.82) is 0 Å². The van der Waals surface area contributed by atoms with Gasteiger partial charge in [-0.2, -0.15) is 0 Å². The van der Waals surface area contributed by atoms with Crippen molar-refractivity contribution in [2.75, 3.05) is 13.2 Å². The summed E-state index contributed by atoms with van der Waals surface area (Å²) in [6.45, 7) is 2.19. The van der Waals surface area contributed by atoms with Gasteiger partial charge in [0.05, 0.1) is 19.3 Å². The van der Waals surface area contributed by atoms with E-state index >= 15 is 0 Å². The molecule has 0 aromatic heterocycles. The molecule has 4 bridgehead atoms. The molecule has 4 heterocycles. The Hall–Kier alpha value is -0.0200. The SMILES string of the molecule is CC1(C)OCC(C2C3OC4(O)OC(C(O)[C@@]2(NC(=O)C(Cl)(Cl)Cl)[C@@H]4O)[C@]3(O)CO)O1. The summed E-state index contributed by atoms with van der Waals surface area (Å²) in [4.78, 5) is 12.6. The van der Waals surface area contributed by atoms with Gasteiger partial charge in [-0.15, -0.1) is 0 Å². The van der Waals surface area contributed by atoms with Gasteiger partial charge in [0.2, 0.25) is 0 Å². The van der Waals surface area contributed by atoms with E-state index in [1.165, 1.54) is 0 Å². The molecule has 9 atom stereocenters. The predicted molar refractivity (Wildman–Crippen MR) is 98.3 cm³/mol. The van der Waals surface area contributed by atoms with Crippen molar-refractivity contribution in [3.63, 3.8) is 0 Å². The molecule has 0 spiro atoms. The summed E-state index contributed by atoms with van der Waals surface area (Å²) in [6, 6.07) is 0. The summed E-state index contributed by atoms with van der Waals surface area (Å²) in [5, 5.41) is 56.2. The molecule has 172 valence electrons. The molecule has 1 aliphatic carbocycles. The predicted octanol–water partition coefficient (Wildman–Crippen LogP) is -2.12. The second-order valence-corrected chi connectivity index (χ2v) is 10.8. The van der Waals surface area contributed by atoms with Crippen LogP contribution in [0.25, 0.3) is 0 Å². The molecule has 4 aliphatic heterocycles. The molecule has 5 aliphatic rings. The van der Waals surface area contributed by atoms with Gasteiger partial charge in [-0.05, 0) is 13.8 Å². The molecule has 5 fully saturated rings. The van der Waals surface area contributed by atoms with Crippen molar-refractivity contribution in [3.05, 3.63) is 0 Å². The van der Waals surface area contributed by atoms with Crippen LogP contribution in [0, 0.1) is 5.92 Å². The van der Waals surface area contributed by atoms with Gasteiger partial charge in [0, 0.05) is 5.92 Å². The van der Waals surface area contributed by atoms with E-state index in [1.807, 2.05) is 0 Å². The lowest BCUT2D eigenvalue weighted by Crippen LogP contribution is -2.94. The first kappa shape index (κ1) is 23.1. The quantitative estimate of drug-likeness (QED) is 0.239. The van der Waals surface area contributed by atoms with Crippen LogP contribution in [-0.2, 0) is 23.7 Å². The Morgan fingerprint density at radius 3 is 2.23 bits per heavy atom. The van der Waals surface area contributed by atoms with Gasteiger partial charge in [0.25, 0.3) is 9.70 Å². The highest BCUT2D eigenvalue weighted by atomic mass is 35.6. The van der Waals surface area contributed by atoms with E-state index in [0.29, 0.717) is 0 Å². The molecule has 1 saturated carbocycles. The second kappa shape index (κ2) is 6.75. The van der Waals surface area contributed by atoms with Crippen molar-refractivity contribution < 1.29 is 49.3 Å². The van der Waals surface area contributed by atoms with Crippen LogP contribution in [0.3, 0.4) is 0 Å². The van der Waals surface area contributed by atoms with Crippen molar-refractivity contribution in [1.82, 2.24) is 5.32 Å². The number of ether oxygens (including phenoxy) is 4. The van der Waals surface area contributed by atoms with Crippen LogP contribution in [-0.4, -0.2) is 102 Å². The first-order valence-electron chi connectivity index (χ1n) is 9.11. The minimum Gasteiger partial charge on any atom is -0.393 e. The highest BCUT2D eigenvalue weighted by Crippen LogP contribution is 2.59. The zero-order valence-corrected chi connectivity index (χ0v) is 18.1. The molecule has 6 unspecified atom stereocenters. The first-order valence-corrected chi connectivity index (χ1v) is 10.2.